The van der Waals surface area contributed by atoms with Gasteiger partial charge in [0.25, 0.3) is 0 Å². The molecule has 1 heterocycles. The fourth-order valence-electron chi connectivity index (χ4n) is 1.29. The third-order valence-electron chi connectivity index (χ3n) is 2.51. The van der Waals surface area contributed by atoms with Crippen molar-refractivity contribution in [2.24, 2.45) is 5.92 Å². The van der Waals surface area contributed by atoms with E-state index in [2.05, 4.69) is 33.3 Å². The minimum absolute atomic E-state index is 0.0687. The number of nitrogens with zero attached hydrogens (tertiary/aromatic N) is 2. The third kappa shape index (κ3) is 3.96. The average molecular weight is 288 g/mol. The SMILES string of the molecule is CCC(C)NC(=O)C(C)Cn1cc(Br)cn1. The maximum absolute atomic E-state index is 11.8. The lowest BCUT2D eigenvalue weighted by molar-refractivity contribution is -0.125. The van der Waals surface area contributed by atoms with Gasteiger partial charge in [-0.1, -0.05) is 13.8 Å². The van der Waals surface area contributed by atoms with Gasteiger partial charge in [0.1, 0.15) is 0 Å². The Hall–Kier alpha value is -0.840. The fourth-order valence-corrected chi connectivity index (χ4v) is 1.62. The van der Waals surface area contributed by atoms with Crippen LogP contribution in [0.2, 0.25) is 0 Å². The highest BCUT2D eigenvalue weighted by atomic mass is 79.9. The van der Waals surface area contributed by atoms with Crippen LogP contribution in [0.25, 0.3) is 0 Å². The first-order chi connectivity index (χ1) is 7.52. The van der Waals surface area contributed by atoms with E-state index in [1.54, 1.807) is 10.9 Å². The van der Waals surface area contributed by atoms with E-state index in [4.69, 9.17) is 0 Å². The quantitative estimate of drug-likeness (QED) is 0.903. The van der Waals surface area contributed by atoms with Crippen LogP contribution in [-0.4, -0.2) is 21.7 Å². The van der Waals surface area contributed by atoms with Gasteiger partial charge in [0.15, 0.2) is 0 Å². The number of rotatable bonds is 5. The Bertz CT molecular complexity index is 351. The summed E-state index contributed by atoms with van der Waals surface area (Å²) in [5.74, 6) is 0.0155. The van der Waals surface area contributed by atoms with Crippen LogP contribution in [0.5, 0.6) is 0 Å². The molecule has 90 valence electrons. The highest BCUT2D eigenvalue weighted by molar-refractivity contribution is 9.10. The van der Waals surface area contributed by atoms with Crippen molar-refractivity contribution in [3.05, 3.63) is 16.9 Å². The van der Waals surface area contributed by atoms with E-state index in [1.807, 2.05) is 20.0 Å². The molecule has 0 fully saturated rings. The van der Waals surface area contributed by atoms with Crippen LogP contribution >= 0.6 is 15.9 Å². The lowest BCUT2D eigenvalue weighted by Crippen LogP contribution is -2.37. The molecule has 2 unspecified atom stereocenters. The van der Waals surface area contributed by atoms with Gasteiger partial charge >= 0.3 is 0 Å². The fraction of sp³-hybridized carbons (Fsp3) is 0.636. The van der Waals surface area contributed by atoms with E-state index in [0.717, 1.165) is 10.9 Å². The van der Waals surface area contributed by atoms with Gasteiger partial charge in [-0.25, -0.2) is 0 Å². The number of halogens is 1. The Morgan fingerprint density at radius 1 is 1.62 bits per heavy atom. The Kier molecular flexibility index (Phi) is 4.99. The molecule has 0 aromatic carbocycles. The zero-order chi connectivity index (χ0) is 12.1. The minimum Gasteiger partial charge on any atom is -0.353 e. The van der Waals surface area contributed by atoms with Gasteiger partial charge in [-0.3, -0.25) is 9.48 Å². The monoisotopic (exact) mass is 287 g/mol. The van der Waals surface area contributed by atoms with Crippen molar-refractivity contribution in [1.29, 1.82) is 0 Å². The Morgan fingerprint density at radius 3 is 2.81 bits per heavy atom. The molecule has 1 aromatic rings. The van der Waals surface area contributed by atoms with Gasteiger partial charge < -0.3 is 5.32 Å². The number of carbonyl (C=O) groups excluding carboxylic acids is 1. The summed E-state index contributed by atoms with van der Waals surface area (Å²) in [5.41, 5.74) is 0. The van der Waals surface area contributed by atoms with Crippen LogP contribution in [0.1, 0.15) is 27.2 Å². The second-order valence-corrected chi connectivity index (χ2v) is 5.02. The molecule has 1 rings (SSSR count). The van der Waals surface area contributed by atoms with Gasteiger partial charge in [-0.2, -0.15) is 5.10 Å². The lowest BCUT2D eigenvalue weighted by Gasteiger charge is -2.16. The second kappa shape index (κ2) is 6.03. The largest absolute Gasteiger partial charge is 0.353 e. The number of hydrogen-bond acceptors (Lipinski definition) is 2. The molecule has 0 aliphatic heterocycles. The molecule has 0 bridgehead atoms. The first-order valence-corrected chi connectivity index (χ1v) is 6.30. The molecule has 4 nitrogen and oxygen atoms in total. The van der Waals surface area contributed by atoms with E-state index in [-0.39, 0.29) is 17.9 Å². The van der Waals surface area contributed by atoms with Crippen LogP contribution < -0.4 is 5.32 Å². The summed E-state index contributed by atoms with van der Waals surface area (Å²) >= 11 is 3.33. The van der Waals surface area contributed by atoms with Crippen molar-refractivity contribution < 1.29 is 4.79 Å². The minimum atomic E-state index is -0.0687. The Morgan fingerprint density at radius 2 is 2.31 bits per heavy atom. The topological polar surface area (TPSA) is 46.9 Å². The van der Waals surface area contributed by atoms with Crippen molar-refractivity contribution in [2.45, 2.75) is 39.8 Å². The van der Waals surface area contributed by atoms with Crippen molar-refractivity contribution in [3.8, 4) is 0 Å². The Labute approximate surface area is 105 Å². The second-order valence-electron chi connectivity index (χ2n) is 4.10. The molecule has 1 N–H and O–H groups in total. The van der Waals surface area contributed by atoms with Gasteiger partial charge in [-0.15, -0.1) is 0 Å². The van der Waals surface area contributed by atoms with Crippen molar-refractivity contribution in [2.75, 3.05) is 0 Å². The summed E-state index contributed by atoms with van der Waals surface area (Å²) in [7, 11) is 0. The molecular weight excluding hydrogens is 270 g/mol. The van der Waals surface area contributed by atoms with Gasteiger partial charge in [0.05, 0.1) is 23.1 Å². The summed E-state index contributed by atoms with van der Waals surface area (Å²) < 4.78 is 2.70. The molecule has 1 amide bonds. The van der Waals surface area contributed by atoms with E-state index in [0.29, 0.717) is 6.54 Å². The maximum atomic E-state index is 11.8. The molecule has 0 spiro atoms. The van der Waals surface area contributed by atoms with Gasteiger partial charge in [-0.05, 0) is 29.3 Å². The lowest BCUT2D eigenvalue weighted by atomic mass is 10.1. The average Bonchev–Trinajstić information content (AvgIpc) is 2.63. The molecule has 0 aliphatic carbocycles. The summed E-state index contributed by atoms with van der Waals surface area (Å²) in [6.45, 7) is 6.58. The first kappa shape index (κ1) is 13.2. The highest BCUT2D eigenvalue weighted by Crippen LogP contribution is 2.08. The van der Waals surface area contributed by atoms with E-state index in [9.17, 15) is 4.79 Å². The van der Waals surface area contributed by atoms with Crippen LogP contribution in [0.3, 0.4) is 0 Å². The molecule has 0 saturated carbocycles. The molecule has 0 saturated heterocycles. The van der Waals surface area contributed by atoms with E-state index in [1.165, 1.54) is 0 Å². The third-order valence-corrected chi connectivity index (χ3v) is 2.92. The molecule has 16 heavy (non-hydrogen) atoms. The van der Waals surface area contributed by atoms with E-state index >= 15 is 0 Å². The van der Waals surface area contributed by atoms with Crippen molar-refractivity contribution >= 4 is 21.8 Å². The summed E-state index contributed by atoms with van der Waals surface area (Å²) in [6, 6.07) is 0.235. The zero-order valence-corrected chi connectivity index (χ0v) is 11.5. The predicted octanol–water partition coefficient (Wildman–Crippen LogP) is 2.20. The molecule has 0 radical (unpaired) electrons. The highest BCUT2D eigenvalue weighted by Gasteiger charge is 2.15. The number of aromatic nitrogens is 2. The first-order valence-electron chi connectivity index (χ1n) is 5.51. The smallest absolute Gasteiger partial charge is 0.224 e. The standard InChI is InChI=1S/C11H18BrN3O/c1-4-9(3)14-11(16)8(2)6-15-7-10(12)5-13-15/h5,7-9H,4,6H2,1-3H3,(H,14,16). The van der Waals surface area contributed by atoms with Crippen LogP contribution in [0.4, 0.5) is 0 Å². The number of hydrogen-bond donors (Lipinski definition) is 1. The molecule has 1 aromatic heterocycles. The number of carbonyl (C=O) groups is 1. The summed E-state index contributed by atoms with van der Waals surface area (Å²) in [6.07, 6.45) is 4.54. The predicted molar refractivity (Wildman–Crippen MR) is 67.0 cm³/mol. The van der Waals surface area contributed by atoms with E-state index < -0.39 is 0 Å². The normalized spacial score (nSPS) is 14.5. The van der Waals surface area contributed by atoms with Crippen LogP contribution in [0.15, 0.2) is 16.9 Å². The molecule has 0 aliphatic rings. The number of nitrogens with one attached hydrogen (secondary N) is 1. The Balaban J connectivity index is 2.45. The van der Waals surface area contributed by atoms with Crippen molar-refractivity contribution in [1.82, 2.24) is 15.1 Å². The van der Waals surface area contributed by atoms with Crippen molar-refractivity contribution in [3.63, 3.8) is 0 Å². The maximum Gasteiger partial charge on any atom is 0.224 e. The molecular formula is C11H18BrN3O. The van der Waals surface area contributed by atoms with Crippen LogP contribution in [-0.2, 0) is 11.3 Å². The summed E-state index contributed by atoms with van der Waals surface area (Å²) in [4.78, 5) is 11.8. The van der Waals surface area contributed by atoms with Gasteiger partial charge in [0, 0.05) is 12.2 Å². The van der Waals surface area contributed by atoms with Gasteiger partial charge in [0.2, 0.25) is 5.91 Å². The van der Waals surface area contributed by atoms with Crippen LogP contribution in [0, 0.1) is 5.92 Å². The molecule has 2 atom stereocenters. The number of amides is 1. The zero-order valence-electron chi connectivity index (χ0n) is 9.90. The molecule has 5 heteroatoms. The summed E-state index contributed by atoms with van der Waals surface area (Å²) in [5, 5.41) is 7.09.